The lowest BCUT2D eigenvalue weighted by Crippen LogP contribution is -2.43. The van der Waals surface area contributed by atoms with Crippen molar-refractivity contribution in [3.63, 3.8) is 0 Å². The summed E-state index contributed by atoms with van der Waals surface area (Å²) in [7, 11) is 0. The van der Waals surface area contributed by atoms with E-state index in [4.69, 9.17) is 5.73 Å². The Hall–Kier alpha value is -1.39. The topological polar surface area (TPSA) is 75.4 Å². The highest BCUT2D eigenvalue weighted by Crippen LogP contribution is 2.35. The summed E-state index contributed by atoms with van der Waals surface area (Å²) in [5.41, 5.74) is 6.21. The van der Waals surface area contributed by atoms with Crippen molar-refractivity contribution in [1.82, 2.24) is 5.32 Å². The van der Waals surface area contributed by atoms with Gasteiger partial charge in [0.2, 0.25) is 5.91 Å². The number of hydrogen-bond acceptors (Lipinski definition) is 3. The summed E-state index contributed by atoms with van der Waals surface area (Å²) in [5, 5.41) is 12.1. The summed E-state index contributed by atoms with van der Waals surface area (Å²) in [6.07, 6.45) is 1.70. The van der Waals surface area contributed by atoms with Gasteiger partial charge in [0.1, 0.15) is 0 Å². The molecule has 4 N–H and O–H groups in total. The van der Waals surface area contributed by atoms with Crippen LogP contribution in [-0.4, -0.2) is 29.7 Å². The first kappa shape index (κ1) is 12.1. The number of amides is 1. The molecular formula is C13H18N2O2. The highest BCUT2D eigenvalue weighted by Gasteiger charge is 2.44. The molecule has 1 aliphatic rings. The molecule has 4 heteroatoms. The van der Waals surface area contributed by atoms with Crippen molar-refractivity contribution in [2.45, 2.75) is 24.3 Å². The number of nitrogens with two attached hydrogens (primary N) is 1. The molecule has 0 aliphatic heterocycles. The van der Waals surface area contributed by atoms with Crippen LogP contribution in [0.3, 0.4) is 0 Å². The van der Waals surface area contributed by atoms with Crippen LogP contribution in [0.2, 0.25) is 0 Å². The number of carbonyl (C=O) groups is 1. The lowest BCUT2D eigenvalue weighted by atomic mass is 9.98. The fourth-order valence-electron chi connectivity index (χ4n) is 1.90. The zero-order chi connectivity index (χ0) is 12.3. The number of aliphatic hydroxyl groups excluding tert-OH is 1. The Kier molecular flexibility index (Phi) is 3.45. The number of carbonyl (C=O) groups excluding carboxylic acids is 1. The van der Waals surface area contributed by atoms with Crippen molar-refractivity contribution in [2.75, 3.05) is 13.2 Å². The van der Waals surface area contributed by atoms with Crippen molar-refractivity contribution in [1.29, 1.82) is 0 Å². The second kappa shape index (κ2) is 4.85. The van der Waals surface area contributed by atoms with E-state index in [9.17, 15) is 9.90 Å². The Morgan fingerprint density at radius 3 is 2.53 bits per heavy atom. The number of rotatable bonds is 5. The van der Waals surface area contributed by atoms with Crippen molar-refractivity contribution in [3.8, 4) is 0 Å². The van der Waals surface area contributed by atoms with Crippen LogP contribution < -0.4 is 11.1 Å². The third-order valence-corrected chi connectivity index (χ3v) is 3.30. The van der Waals surface area contributed by atoms with Crippen molar-refractivity contribution in [3.05, 3.63) is 35.9 Å². The predicted molar refractivity (Wildman–Crippen MR) is 65.4 cm³/mol. The second-order valence-electron chi connectivity index (χ2n) is 4.63. The normalized spacial score (nSPS) is 18.5. The molecule has 1 atom stereocenters. The minimum atomic E-state index is -0.376. The minimum Gasteiger partial charge on any atom is -0.394 e. The van der Waals surface area contributed by atoms with Gasteiger partial charge in [-0.2, -0.15) is 0 Å². The maximum atomic E-state index is 12.1. The third-order valence-electron chi connectivity index (χ3n) is 3.30. The van der Waals surface area contributed by atoms with Crippen LogP contribution in [0.1, 0.15) is 24.3 Å². The maximum absolute atomic E-state index is 12.1. The van der Waals surface area contributed by atoms with Gasteiger partial charge in [-0.05, 0) is 18.4 Å². The van der Waals surface area contributed by atoms with Crippen LogP contribution >= 0.6 is 0 Å². The van der Waals surface area contributed by atoms with E-state index in [0.29, 0.717) is 0 Å². The molecule has 2 rings (SSSR count). The molecule has 1 unspecified atom stereocenters. The first-order chi connectivity index (χ1) is 8.21. The molecule has 0 saturated heterocycles. The molecule has 1 aromatic rings. The molecule has 0 heterocycles. The smallest absolute Gasteiger partial charge is 0.229 e. The SMILES string of the molecule is NCC(C(=O)NC1(CO)CC1)c1ccccc1. The summed E-state index contributed by atoms with van der Waals surface area (Å²) in [6, 6.07) is 9.49. The van der Waals surface area contributed by atoms with Crippen molar-refractivity contribution in [2.24, 2.45) is 5.73 Å². The molecule has 1 saturated carbocycles. The van der Waals surface area contributed by atoms with E-state index in [1.807, 2.05) is 30.3 Å². The third kappa shape index (κ3) is 2.65. The molecule has 1 aromatic carbocycles. The number of aliphatic hydroxyl groups is 1. The summed E-state index contributed by atoms with van der Waals surface area (Å²) < 4.78 is 0. The lowest BCUT2D eigenvalue weighted by Gasteiger charge is -2.20. The average molecular weight is 234 g/mol. The zero-order valence-electron chi connectivity index (χ0n) is 9.73. The molecular weight excluding hydrogens is 216 g/mol. The van der Waals surface area contributed by atoms with E-state index in [-0.39, 0.29) is 30.5 Å². The van der Waals surface area contributed by atoms with E-state index in [1.54, 1.807) is 0 Å². The van der Waals surface area contributed by atoms with E-state index in [0.717, 1.165) is 18.4 Å². The Morgan fingerprint density at radius 2 is 2.06 bits per heavy atom. The second-order valence-corrected chi connectivity index (χ2v) is 4.63. The van der Waals surface area contributed by atoms with Gasteiger partial charge in [-0.15, -0.1) is 0 Å². The minimum absolute atomic E-state index is 0.00478. The summed E-state index contributed by atoms with van der Waals surface area (Å²) >= 11 is 0. The molecule has 0 bridgehead atoms. The van der Waals surface area contributed by atoms with Crippen molar-refractivity contribution >= 4 is 5.91 Å². The monoisotopic (exact) mass is 234 g/mol. The van der Waals surface area contributed by atoms with Crippen LogP contribution in [0, 0.1) is 0 Å². The first-order valence-corrected chi connectivity index (χ1v) is 5.89. The molecule has 17 heavy (non-hydrogen) atoms. The van der Waals surface area contributed by atoms with E-state index in [2.05, 4.69) is 5.32 Å². The number of hydrogen-bond donors (Lipinski definition) is 3. The Bertz CT molecular complexity index is 388. The van der Waals surface area contributed by atoms with Gasteiger partial charge in [-0.1, -0.05) is 30.3 Å². The van der Waals surface area contributed by atoms with Crippen LogP contribution in [0.5, 0.6) is 0 Å². The average Bonchev–Trinajstić information content (AvgIpc) is 3.12. The fraction of sp³-hybridized carbons (Fsp3) is 0.462. The molecule has 0 radical (unpaired) electrons. The van der Waals surface area contributed by atoms with E-state index in [1.165, 1.54) is 0 Å². The van der Waals surface area contributed by atoms with Gasteiger partial charge in [-0.25, -0.2) is 0 Å². The molecule has 1 amide bonds. The summed E-state index contributed by atoms with van der Waals surface area (Å²) in [6.45, 7) is 0.280. The van der Waals surface area contributed by atoms with Gasteiger partial charge in [0, 0.05) is 6.54 Å². The standard InChI is InChI=1S/C13H18N2O2/c14-8-11(10-4-2-1-3-5-10)12(17)15-13(9-16)6-7-13/h1-5,11,16H,6-9,14H2,(H,15,17). The molecule has 1 aliphatic carbocycles. The Labute approximate surface area is 101 Å². The Morgan fingerprint density at radius 1 is 1.41 bits per heavy atom. The van der Waals surface area contributed by atoms with Crippen LogP contribution in [0.4, 0.5) is 0 Å². The number of benzene rings is 1. The summed E-state index contributed by atoms with van der Waals surface area (Å²) in [5.74, 6) is -0.425. The van der Waals surface area contributed by atoms with Crippen molar-refractivity contribution < 1.29 is 9.90 Å². The zero-order valence-corrected chi connectivity index (χ0v) is 9.73. The van der Waals surface area contributed by atoms with Gasteiger partial charge in [0.25, 0.3) is 0 Å². The van der Waals surface area contributed by atoms with Gasteiger partial charge >= 0.3 is 0 Å². The highest BCUT2D eigenvalue weighted by molar-refractivity contribution is 5.85. The van der Waals surface area contributed by atoms with Crippen LogP contribution in [0.25, 0.3) is 0 Å². The van der Waals surface area contributed by atoms with Gasteiger partial charge in [-0.3, -0.25) is 4.79 Å². The highest BCUT2D eigenvalue weighted by atomic mass is 16.3. The molecule has 0 spiro atoms. The quantitative estimate of drug-likeness (QED) is 0.689. The van der Waals surface area contributed by atoms with Crippen LogP contribution in [0.15, 0.2) is 30.3 Å². The van der Waals surface area contributed by atoms with Gasteiger partial charge < -0.3 is 16.2 Å². The fourth-order valence-corrected chi connectivity index (χ4v) is 1.90. The molecule has 0 aromatic heterocycles. The van der Waals surface area contributed by atoms with Gasteiger partial charge in [0.15, 0.2) is 0 Å². The predicted octanol–water partition coefficient (Wildman–Crippen LogP) is 0.370. The summed E-state index contributed by atoms with van der Waals surface area (Å²) in [4.78, 5) is 12.1. The maximum Gasteiger partial charge on any atom is 0.229 e. The lowest BCUT2D eigenvalue weighted by molar-refractivity contribution is -0.123. The van der Waals surface area contributed by atoms with Gasteiger partial charge in [0.05, 0.1) is 18.1 Å². The number of nitrogens with one attached hydrogen (secondary N) is 1. The van der Waals surface area contributed by atoms with E-state index < -0.39 is 0 Å². The van der Waals surface area contributed by atoms with E-state index >= 15 is 0 Å². The molecule has 92 valence electrons. The largest absolute Gasteiger partial charge is 0.394 e. The molecule has 4 nitrogen and oxygen atoms in total. The first-order valence-electron chi connectivity index (χ1n) is 5.89. The molecule has 1 fully saturated rings. The van der Waals surface area contributed by atoms with Crippen LogP contribution in [-0.2, 0) is 4.79 Å². The Balaban J connectivity index is 2.06.